The molecule has 0 fully saturated rings. The zero-order chi connectivity index (χ0) is 17.0. The Balaban J connectivity index is 1.97. The van der Waals surface area contributed by atoms with Gasteiger partial charge in [-0.15, -0.1) is 0 Å². The summed E-state index contributed by atoms with van der Waals surface area (Å²) in [5, 5.41) is 12.5. The number of carbonyl (C=O) groups is 1. The summed E-state index contributed by atoms with van der Waals surface area (Å²) in [6.45, 7) is 1.77. The predicted octanol–water partition coefficient (Wildman–Crippen LogP) is 3.48. The van der Waals surface area contributed by atoms with Gasteiger partial charge >= 0.3 is 6.18 Å². The molecule has 3 nitrogen and oxygen atoms in total. The maximum Gasteiger partial charge on any atom is 0.416 e. The lowest BCUT2D eigenvalue weighted by Crippen LogP contribution is -2.28. The highest BCUT2D eigenvalue weighted by molar-refractivity contribution is 5.94. The van der Waals surface area contributed by atoms with Crippen LogP contribution in [-0.2, 0) is 6.18 Å². The van der Waals surface area contributed by atoms with Crippen LogP contribution < -0.4 is 5.32 Å². The normalized spacial score (nSPS) is 12.7. The third kappa shape index (κ3) is 4.56. The van der Waals surface area contributed by atoms with E-state index in [0.29, 0.717) is 11.1 Å². The minimum absolute atomic E-state index is 0.0852. The van der Waals surface area contributed by atoms with E-state index >= 15 is 0 Å². The van der Waals surface area contributed by atoms with E-state index in [4.69, 9.17) is 0 Å². The van der Waals surface area contributed by atoms with Crippen LogP contribution in [0.4, 0.5) is 13.2 Å². The molecule has 0 saturated heterocycles. The number of aryl methyl sites for hydroxylation is 1. The maximum absolute atomic E-state index is 12.5. The molecule has 2 N–H and O–H groups in total. The number of hydrogen-bond donors (Lipinski definition) is 2. The van der Waals surface area contributed by atoms with Crippen molar-refractivity contribution in [2.24, 2.45) is 0 Å². The van der Waals surface area contributed by atoms with Gasteiger partial charge in [-0.3, -0.25) is 4.79 Å². The number of hydrogen-bond acceptors (Lipinski definition) is 2. The van der Waals surface area contributed by atoms with Crippen molar-refractivity contribution in [2.45, 2.75) is 19.2 Å². The van der Waals surface area contributed by atoms with Crippen molar-refractivity contribution in [1.29, 1.82) is 0 Å². The number of carbonyl (C=O) groups excluding carboxylic acids is 1. The summed E-state index contributed by atoms with van der Waals surface area (Å²) in [4.78, 5) is 11.9. The van der Waals surface area contributed by atoms with E-state index < -0.39 is 17.8 Å². The molecule has 0 aromatic heterocycles. The second-order valence-corrected chi connectivity index (χ2v) is 5.22. The number of aliphatic hydroxyl groups is 1. The fourth-order valence-electron chi connectivity index (χ4n) is 2.09. The molecule has 2 aromatic rings. The number of halogens is 3. The molecule has 0 bridgehead atoms. The first-order valence-corrected chi connectivity index (χ1v) is 6.97. The summed E-state index contributed by atoms with van der Waals surface area (Å²) in [5.74, 6) is -0.348. The molecule has 1 amide bonds. The molecule has 2 rings (SSSR count). The van der Waals surface area contributed by atoms with Crippen LogP contribution in [0.15, 0.2) is 48.5 Å². The van der Waals surface area contributed by atoms with Crippen molar-refractivity contribution in [3.63, 3.8) is 0 Å². The van der Waals surface area contributed by atoms with Crippen LogP contribution in [0, 0.1) is 6.92 Å². The van der Waals surface area contributed by atoms with E-state index in [1.807, 2.05) is 13.0 Å². The molecule has 0 radical (unpaired) electrons. The van der Waals surface area contributed by atoms with Gasteiger partial charge in [0.1, 0.15) is 0 Å². The van der Waals surface area contributed by atoms with Crippen LogP contribution in [0.25, 0.3) is 0 Å². The first-order chi connectivity index (χ1) is 10.8. The molecule has 122 valence electrons. The lowest BCUT2D eigenvalue weighted by atomic mass is 10.1. The van der Waals surface area contributed by atoms with Gasteiger partial charge in [0.05, 0.1) is 11.7 Å². The van der Waals surface area contributed by atoms with Gasteiger partial charge in [-0.25, -0.2) is 0 Å². The summed E-state index contributed by atoms with van der Waals surface area (Å²) >= 11 is 0. The van der Waals surface area contributed by atoms with E-state index in [1.165, 1.54) is 12.1 Å². The highest BCUT2D eigenvalue weighted by Crippen LogP contribution is 2.29. The topological polar surface area (TPSA) is 49.3 Å². The van der Waals surface area contributed by atoms with Gasteiger partial charge in [-0.05, 0) is 36.8 Å². The molecule has 1 atom stereocenters. The molecular formula is C17H16F3NO2. The molecule has 0 heterocycles. The van der Waals surface area contributed by atoms with Crippen molar-refractivity contribution in [3.8, 4) is 0 Å². The quantitative estimate of drug-likeness (QED) is 0.905. The van der Waals surface area contributed by atoms with Crippen molar-refractivity contribution in [3.05, 3.63) is 70.8 Å². The first kappa shape index (κ1) is 17.0. The Morgan fingerprint density at radius 3 is 2.39 bits per heavy atom. The number of nitrogens with one attached hydrogen (secondary N) is 1. The van der Waals surface area contributed by atoms with Crippen LogP contribution in [-0.4, -0.2) is 17.6 Å². The minimum Gasteiger partial charge on any atom is -0.387 e. The smallest absolute Gasteiger partial charge is 0.387 e. The van der Waals surface area contributed by atoms with E-state index in [-0.39, 0.29) is 12.5 Å². The average Bonchev–Trinajstić information content (AvgIpc) is 2.51. The number of aliphatic hydroxyl groups excluding tert-OH is 1. The van der Waals surface area contributed by atoms with Crippen LogP contribution in [0.1, 0.15) is 33.2 Å². The Labute approximate surface area is 131 Å². The summed E-state index contributed by atoms with van der Waals surface area (Å²) in [5.41, 5.74) is 0.922. The largest absolute Gasteiger partial charge is 0.416 e. The Bertz CT molecular complexity index is 681. The molecule has 0 aliphatic rings. The monoisotopic (exact) mass is 323 g/mol. The van der Waals surface area contributed by atoms with Crippen molar-refractivity contribution < 1.29 is 23.1 Å². The lowest BCUT2D eigenvalue weighted by molar-refractivity contribution is -0.137. The van der Waals surface area contributed by atoms with Crippen LogP contribution in [0.3, 0.4) is 0 Å². The molecule has 6 heteroatoms. The zero-order valence-electron chi connectivity index (χ0n) is 12.4. The SMILES string of the molecule is Cc1cccc(C(=O)NCC(O)c2ccc(C(F)(F)F)cc2)c1. The van der Waals surface area contributed by atoms with Crippen molar-refractivity contribution in [2.75, 3.05) is 6.54 Å². The number of benzene rings is 2. The first-order valence-electron chi connectivity index (χ1n) is 6.97. The molecule has 23 heavy (non-hydrogen) atoms. The molecule has 0 saturated carbocycles. The highest BCUT2D eigenvalue weighted by Gasteiger charge is 2.30. The van der Waals surface area contributed by atoms with E-state index in [2.05, 4.69) is 5.32 Å². The molecule has 2 aromatic carbocycles. The second kappa shape index (κ2) is 6.83. The fraction of sp³-hybridized carbons (Fsp3) is 0.235. The maximum atomic E-state index is 12.5. The summed E-state index contributed by atoms with van der Waals surface area (Å²) in [6, 6.07) is 11.2. The molecule has 0 aliphatic carbocycles. The third-order valence-corrected chi connectivity index (χ3v) is 3.36. The van der Waals surface area contributed by atoms with Gasteiger partial charge in [0, 0.05) is 12.1 Å². The second-order valence-electron chi connectivity index (χ2n) is 5.22. The lowest BCUT2D eigenvalue weighted by Gasteiger charge is -2.14. The average molecular weight is 323 g/mol. The van der Waals surface area contributed by atoms with E-state index in [9.17, 15) is 23.1 Å². The molecular weight excluding hydrogens is 307 g/mol. The number of rotatable bonds is 4. The van der Waals surface area contributed by atoms with E-state index in [1.54, 1.807) is 18.2 Å². The third-order valence-electron chi connectivity index (χ3n) is 3.36. The summed E-state index contributed by atoms with van der Waals surface area (Å²) < 4.78 is 37.4. The Morgan fingerprint density at radius 2 is 1.83 bits per heavy atom. The standard InChI is InChI=1S/C17H16F3NO2/c1-11-3-2-4-13(9-11)16(23)21-10-15(22)12-5-7-14(8-6-12)17(18,19)20/h2-9,15,22H,10H2,1H3,(H,21,23). The van der Waals surface area contributed by atoms with Gasteiger partial charge in [-0.1, -0.05) is 29.8 Å². The number of amides is 1. The van der Waals surface area contributed by atoms with Gasteiger partial charge in [0.25, 0.3) is 5.91 Å². The Hall–Kier alpha value is -2.34. The fourth-order valence-corrected chi connectivity index (χ4v) is 2.09. The van der Waals surface area contributed by atoms with E-state index in [0.717, 1.165) is 17.7 Å². The van der Waals surface area contributed by atoms with Crippen LogP contribution in [0.2, 0.25) is 0 Å². The van der Waals surface area contributed by atoms with Gasteiger partial charge in [0.2, 0.25) is 0 Å². The van der Waals surface area contributed by atoms with Gasteiger partial charge in [-0.2, -0.15) is 13.2 Å². The van der Waals surface area contributed by atoms with Gasteiger partial charge in [0.15, 0.2) is 0 Å². The molecule has 1 unspecified atom stereocenters. The predicted molar refractivity (Wildman–Crippen MR) is 79.9 cm³/mol. The highest BCUT2D eigenvalue weighted by atomic mass is 19.4. The number of alkyl halides is 3. The summed E-state index contributed by atoms with van der Waals surface area (Å²) in [7, 11) is 0. The van der Waals surface area contributed by atoms with Crippen LogP contribution >= 0.6 is 0 Å². The molecule has 0 spiro atoms. The van der Waals surface area contributed by atoms with Crippen molar-refractivity contribution in [1.82, 2.24) is 5.32 Å². The summed E-state index contributed by atoms with van der Waals surface area (Å²) in [6.07, 6.45) is -5.49. The Morgan fingerprint density at radius 1 is 1.17 bits per heavy atom. The zero-order valence-corrected chi connectivity index (χ0v) is 12.4. The van der Waals surface area contributed by atoms with Crippen molar-refractivity contribution >= 4 is 5.91 Å². The Kier molecular flexibility index (Phi) is 5.05. The van der Waals surface area contributed by atoms with Crippen LogP contribution in [0.5, 0.6) is 0 Å². The van der Waals surface area contributed by atoms with Gasteiger partial charge < -0.3 is 10.4 Å². The molecule has 0 aliphatic heterocycles. The minimum atomic E-state index is -4.41.